The van der Waals surface area contributed by atoms with Crippen molar-refractivity contribution in [1.29, 1.82) is 0 Å². The molecular formula is C15H33NO5Si. The average Bonchev–Trinajstić information content (AvgIpc) is 2.54. The molecule has 1 atom stereocenters. The fourth-order valence-corrected chi connectivity index (χ4v) is 3.98. The van der Waals surface area contributed by atoms with Crippen LogP contribution in [0.15, 0.2) is 0 Å². The fourth-order valence-electron chi connectivity index (χ4n) is 2.26. The summed E-state index contributed by atoms with van der Waals surface area (Å²) in [5, 5.41) is 12.6. The molecule has 7 heteroatoms. The maximum absolute atomic E-state index is 11.7. The average molecular weight is 336 g/mol. The molecule has 6 nitrogen and oxygen atoms in total. The van der Waals surface area contributed by atoms with Crippen molar-refractivity contribution in [1.82, 2.24) is 5.32 Å². The number of amides is 1. The smallest absolute Gasteiger partial charge is 0.393 e. The fraction of sp³-hybridized carbons (Fsp3) is 0.933. The Kier molecular flexibility index (Phi) is 12.7. The summed E-state index contributed by atoms with van der Waals surface area (Å²) in [6.07, 6.45) is 5.33. The van der Waals surface area contributed by atoms with Crippen molar-refractivity contribution in [3.8, 4) is 0 Å². The molecule has 0 radical (unpaired) electrons. The Bertz CT molecular complexity index is 279. The first-order chi connectivity index (χ1) is 10.5. The number of carbonyl (C=O) groups excluding carboxylic acids is 1. The Hall–Kier alpha value is -0.473. The van der Waals surface area contributed by atoms with E-state index in [0.717, 1.165) is 32.1 Å². The second kappa shape index (κ2) is 13.0. The van der Waals surface area contributed by atoms with Gasteiger partial charge in [-0.15, -0.1) is 0 Å². The van der Waals surface area contributed by atoms with Crippen LogP contribution in [0.2, 0.25) is 6.04 Å². The molecule has 2 N–H and O–H groups in total. The first kappa shape index (κ1) is 21.5. The molecular weight excluding hydrogens is 302 g/mol. The van der Waals surface area contributed by atoms with Gasteiger partial charge < -0.3 is 23.7 Å². The van der Waals surface area contributed by atoms with Crippen LogP contribution in [0.5, 0.6) is 0 Å². The number of rotatable bonds is 14. The highest BCUT2D eigenvalue weighted by Crippen LogP contribution is 2.14. The van der Waals surface area contributed by atoms with Crippen LogP contribution in [0, 0.1) is 0 Å². The van der Waals surface area contributed by atoms with Crippen LogP contribution in [0.4, 0.5) is 0 Å². The van der Waals surface area contributed by atoms with Crippen LogP contribution in [0.25, 0.3) is 0 Å². The maximum atomic E-state index is 11.7. The molecule has 0 aliphatic rings. The van der Waals surface area contributed by atoms with Gasteiger partial charge in [0.1, 0.15) is 0 Å². The van der Waals surface area contributed by atoms with Crippen LogP contribution in [0.1, 0.15) is 51.9 Å². The van der Waals surface area contributed by atoms with Gasteiger partial charge in [-0.3, -0.25) is 4.79 Å². The molecule has 0 bridgehead atoms. The lowest BCUT2D eigenvalue weighted by molar-refractivity contribution is -0.121. The Morgan fingerprint density at radius 1 is 1.09 bits per heavy atom. The van der Waals surface area contributed by atoms with Gasteiger partial charge in [-0.05, 0) is 25.7 Å². The molecule has 0 spiro atoms. The normalized spacial score (nSPS) is 13.1. The number of aliphatic hydroxyl groups excluding tert-OH is 1. The Balaban J connectivity index is 3.69. The third-order valence-electron chi connectivity index (χ3n) is 3.75. The zero-order chi connectivity index (χ0) is 16.8. The predicted octanol–water partition coefficient (Wildman–Crippen LogP) is 2.09. The van der Waals surface area contributed by atoms with E-state index in [1.54, 1.807) is 21.3 Å². The van der Waals surface area contributed by atoms with E-state index in [9.17, 15) is 9.90 Å². The minimum absolute atomic E-state index is 0.0298. The molecule has 0 aromatic heterocycles. The van der Waals surface area contributed by atoms with E-state index in [0.29, 0.717) is 25.4 Å². The monoisotopic (exact) mass is 335 g/mol. The zero-order valence-electron chi connectivity index (χ0n) is 14.5. The molecule has 0 aromatic carbocycles. The third-order valence-corrected chi connectivity index (χ3v) is 6.58. The van der Waals surface area contributed by atoms with Crippen molar-refractivity contribution >= 4 is 14.7 Å². The highest BCUT2D eigenvalue weighted by Gasteiger charge is 2.36. The molecule has 0 aliphatic heterocycles. The van der Waals surface area contributed by atoms with Gasteiger partial charge in [-0.2, -0.15) is 0 Å². The minimum atomic E-state index is -2.53. The summed E-state index contributed by atoms with van der Waals surface area (Å²) in [5.41, 5.74) is 0. The standard InChI is InChI=1S/C15H33NO5Si/c1-5-6-9-14(17)10-7-11-15(18)16-12-8-13-22(19-2,20-3)21-4/h14,17H,5-13H2,1-4H3,(H,16,18). The van der Waals surface area contributed by atoms with E-state index in [1.165, 1.54) is 0 Å². The molecule has 0 saturated carbocycles. The van der Waals surface area contributed by atoms with Gasteiger partial charge in [0.2, 0.25) is 5.91 Å². The Labute approximate surface area is 135 Å². The summed E-state index contributed by atoms with van der Waals surface area (Å²) < 4.78 is 16.0. The van der Waals surface area contributed by atoms with Crippen LogP contribution >= 0.6 is 0 Å². The molecule has 0 aliphatic carbocycles. The lowest BCUT2D eigenvalue weighted by Gasteiger charge is -2.24. The quantitative estimate of drug-likeness (QED) is 0.375. The van der Waals surface area contributed by atoms with E-state index >= 15 is 0 Å². The molecule has 0 saturated heterocycles. The molecule has 0 heterocycles. The number of hydrogen-bond donors (Lipinski definition) is 2. The van der Waals surface area contributed by atoms with E-state index in [4.69, 9.17) is 13.3 Å². The van der Waals surface area contributed by atoms with Crippen LogP contribution in [-0.2, 0) is 18.1 Å². The van der Waals surface area contributed by atoms with Crippen molar-refractivity contribution < 1.29 is 23.2 Å². The largest absolute Gasteiger partial charge is 0.500 e. The second-order valence-corrected chi connectivity index (χ2v) is 8.53. The number of aliphatic hydroxyl groups is 1. The maximum Gasteiger partial charge on any atom is 0.500 e. The minimum Gasteiger partial charge on any atom is -0.393 e. The van der Waals surface area contributed by atoms with Crippen LogP contribution < -0.4 is 5.32 Å². The summed E-state index contributed by atoms with van der Waals surface area (Å²) in [6, 6.07) is 0.673. The molecule has 22 heavy (non-hydrogen) atoms. The van der Waals surface area contributed by atoms with Gasteiger partial charge >= 0.3 is 8.80 Å². The van der Waals surface area contributed by atoms with E-state index in [-0.39, 0.29) is 12.0 Å². The molecule has 1 amide bonds. The summed E-state index contributed by atoms with van der Waals surface area (Å²) in [4.78, 5) is 11.7. The molecule has 0 aromatic rings. The van der Waals surface area contributed by atoms with Gasteiger partial charge in [0.15, 0.2) is 0 Å². The SMILES string of the molecule is CCCCC(O)CCCC(=O)NCCC[Si](OC)(OC)OC. The number of nitrogens with one attached hydrogen (secondary N) is 1. The third kappa shape index (κ3) is 9.53. The molecule has 0 rings (SSSR count). The number of carbonyl (C=O) groups is 1. The topological polar surface area (TPSA) is 77.0 Å². The van der Waals surface area contributed by atoms with Gasteiger partial charge in [0.25, 0.3) is 0 Å². The van der Waals surface area contributed by atoms with Crippen molar-refractivity contribution in [2.75, 3.05) is 27.9 Å². The van der Waals surface area contributed by atoms with Gasteiger partial charge in [-0.1, -0.05) is 19.8 Å². The summed E-state index contributed by atoms with van der Waals surface area (Å²) >= 11 is 0. The van der Waals surface area contributed by atoms with Crippen molar-refractivity contribution in [2.24, 2.45) is 0 Å². The number of unbranched alkanes of at least 4 members (excludes halogenated alkanes) is 1. The lowest BCUT2D eigenvalue weighted by atomic mass is 10.1. The van der Waals surface area contributed by atoms with E-state index < -0.39 is 8.80 Å². The Morgan fingerprint density at radius 2 is 1.68 bits per heavy atom. The highest BCUT2D eigenvalue weighted by atomic mass is 28.4. The van der Waals surface area contributed by atoms with Crippen molar-refractivity contribution in [2.45, 2.75) is 64.0 Å². The van der Waals surface area contributed by atoms with Gasteiger partial charge in [0.05, 0.1) is 6.10 Å². The van der Waals surface area contributed by atoms with E-state index in [2.05, 4.69) is 12.2 Å². The zero-order valence-corrected chi connectivity index (χ0v) is 15.5. The number of hydrogen-bond acceptors (Lipinski definition) is 5. The summed E-state index contributed by atoms with van der Waals surface area (Å²) in [6.45, 7) is 2.69. The predicted molar refractivity (Wildman–Crippen MR) is 88.6 cm³/mol. The van der Waals surface area contributed by atoms with Gasteiger partial charge in [-0.25, -0.2) is 0 Å². The van der Waals surface area contributed by atoms with Crippen molar-refractivity contribution in [3.63, 3.8) is 0 Å². The Morgan fingerprint density at radius 3 is 2.23 bits per heavy atom. The summed E-state index contributed by atoms with van der Waals surface area (Å²) in [5.74, 6) is 0.0298. The molecule has 1 unspecified atom stereocenters. The van der Waals surface area contributed by atoms with Crippen LogP contribution in [-0.4, -0.2) is 53.8 Å². The second-order valence-electron chi connectivity index (χ2n) is 5.44. The first-order valence-electron chi connectivity index (χ1n) is 8.13. The van der Waals surface area contributed by atoms with E-state index in [1.807, 2.05) is 0 Å². The molecule has 132 valence electrons. The van der Waals surface area contributed by atoms with Crippen molar-refractivity contribution in [3.05, 3.63) is 0 Å². The lowest BCUT2D eigenvalue weighted by Crippen LogP contribution is -2.43. The van der Waals surface area contributed by atoms with Gasteiger partial charge in [0, 0.05) is 40.3 Å². The first-order valence-corrected chi connectivity index (χ1v) is 10.1. The highest BCUT2D eigenvalue weighted by molar-refractivity contribution is 6.60. The summed E-state index contributed by atoms with van der Waals surface area (Å²) in [7, 11) is 2.23. The van der Waals surface area contributed by atoms with Crippen LogP contribution in [0.3, 0.4) is 0 Å². The molecule has 0 fully saturated rings.